The molecule has 1 N–H and O–H groups in total. The van der Waals surface area contributed by atoms with Gasteiger partial charge in [0.1, 0.15) is 18.9 Å². The number of anilines is 1. The van der Waals surface area contributed by atoms with Crippen LogP contribution in [0.15, 0.2) is 36.4 Å². The summed E-state index contributed by atoms with van der Waals surface area (Å²) in [5.74, 6) is 2.71. The minimum absolute atomic E-state index is 0.520. The Morgan fingerprint density at radius 1 is 1.00 bits per heavy atom. The second kappa shape index (κ2) is 7.06. The summed E-state index contributed by atoms with van der Waals surface area (Å²) in [6, 6.07) is 12.3. The fourth-order valence-corrected chi connectivity index (χ4v) is 4.86. The lowest BCUT2D eigenvalue weighted by molar-refractivity contribution is -0.658. The number of hydrogen-bond acceptors (Lipinski definition) is 4. The third kappa shape index (κ3) is 2.99. The summed E-state index contributed by atoms with van der Waals surface area (Å²) < 4.78 is 13.7. The zero-order valence-corrected chi connectivity index (χ0v) is 17.3. The van der Waals surface area contributed by atoms with Gasteiger partial charge >= 0.3 is 0 Å². The van der Waals surface area contributed by atoms with Crippen LogP contribution >= 0.6 is 0 Å². The van der Waals surface area contributed by atoms with Gasteiger partial charge in [-0.25, -0.2) is 9.48 Å². The van der Waals surface area contributed by atoms with E-state index in [2.05, 4.69) is 41.5 Å². The van der Waals surface area contributed by atoms with Gasteiger partial charge in [0, 0.05) is 12.0 Å². The maximum absolute atomic E-state index is 12.0. The van der Waals surface area contributed by atoms with Crippen molar-refractivity contribution in [3.8, 4) is 11.5 Å². The predicted octanol–water partition coefficient (Wildman–Crippen LogP) is 3.72. The van der Waals surface area contributed by atoms with Crippen molar-refractivity contribution in [3.63, 3.8) is 0 Å². The number of fused-ring (bicyclic) bond motifs is 1. The van der Waals surface area contributed by atoms with Crippen LogP contribution in [0.2, 0.25) is 0 Å². The lowest BCUT2D eigenvalue weighted by atomic mass is 10.00. The molecule has 1 atom stereocenters. The number of rotatable bonds is 2. The molecule has 0 spiro atoms. The zero-order chi connectivity index (χ0) is 20.0. The third-order valence-corrected chi connectivity index (χ3v) is 6.60. The summed E-state index contributed by atoms with van der Waals surface area (Å²) in [5, 5.41) is 12.0. The van der Waals surface area contributed by atoms with Gasteiger partial charge in [0.2, 0.25) is 0 Å². The standard InChI is InChI=1S/C24H29N2O3/c1-17-7-6-8-20(18(17)2)25-16-24(27,26-12-5-3-4-9-23(25)26)19-10-11-21-22(15-19)29-14-13-28-21/h6-8,10-11,15,27H,3-5,9,12-14,16H2,1-2H3/q+1/t24-/m0/s1. The highest BCUT2D eigenvalue weighted by atomic mass is 16.6. The van der Waals surface area contributed by atoms with Crippen molar-refractivity contribution in [1.29, 1.82) is 0 Å². The summed E-state index contributed by atoms with van der Waals surface area (Å²) in [6.07, 6.45) is 4.43. The van der Waals surface area contributed by atoms with E-state index in [0.29, 0.717) is 19.8 Å². The van der Waals surface area contributed by atoms with Crippen LogP contribution < -0.4 is 14.4 Å². The van der Waals surface area contributed by atoms with Gasteiger partial charge < -0.3 is 14.6 Å². The normalized spacial score (nSPS) is 23.8. The lowest BCUT2D eigenvalue weighted by Crippen LogP contribution is -2.41. The first-order valence-corrected chi connectivity index (χ1v) is 10.7. The van der Waals surface area contributed by atoms with Crippen molar-refractivity contribution in [3.05, 3.63) is 53.1 Å². The number of hydrogen-bond donors (Lipinski definition) is 1. The first-order chi connectivity index (χ1) is 14.1. The van der Waals surface area contributed by atoms with Crippen molar-refractivity contribution in [2.45, 2.75) is 45.3 Å². The van der Waals surface area contributed by atoms with E-state index in [1.54, 1.807) is 0 Å². The summed E-state index contributed by atoms with van der Waals surface area (Å²) in [6.45, 7) is 6.82. The first-order valence-electron chi connectivity index (χ1n) is 10.7. The monoisotopic (exact) mass is 393 g/mol. The van der Waals surface area contributed by atoms with Gasteiger partial charge in [-0.2, -0.15) is 0 Å². The molecule has 152 valence electrons. The first kappa shape index (κ1) is 18.5. The topological polar surface area (TPSA) is 44.9 Å². The van der Waals surface area contributed by atoms with Gasteiger partial charge in [-0.05, 0) is 68.5 Å². The van der Waals surface area contributed by atoms with E-state index in [0.717, 1.165) is 42.9 Å². The maximum Gasteiger partial charge on any atom is 0.271 e. The van der Waals surface area contributed by atoms with Crippen molar-refractivity contribution in [2.24, 2.45) is 0 Å². The Balaban J connectivity index is 1.62. The Hall–Kier alpha value is -2.53. The van der Waals surface area contributed by atoms with Gasteiger partial charge in [0.25, 0.3) is 11.6 Å². The van der Waals surface area contributed by atoms with Gasteiger partial charge in [-0.3, -0.25) is 0 Å². The van der Waals surface area contributed by atoms with Crippen molar-refractivity contribution < 1.29 is 19.2 Å². The molecule has 0 unspecified atom stereocenters. The largest absolute Gasteiger partial charge is 0.486 e. The molecule has 5 nitrogen and oxygen atoms in total. The number of benzene rings is 2. The quantitative estimate of drug-likeness (QED) is 0.790. The molecular weight excluding hydrogens is 364 g/mol. The van der Waals surface area contributed by atoms with Gasteiger partial charge in [-0.15, -0.1) is 0 Å². The van der Waals surface area contributed by atoms with Crippen LogP contribution in [0.4, 0.5) is 5.69 Å². The van der Waals surface area contributed by atoms with Crippen LogP contribution in [0.5, 0.6) is 11.5 Å². The summed E-state index contributed by atoms with van der Waals surface area (Å²) in [4.78, 5) is 2.34. The van der Waals surface area contributed by atoms with Gasteiger partial charge in [0.05, 0.1) is 6.54 Å². The molecule has 0 saturated heterocycles. The van der Waals surface area contributed by atoms with E-state index < -0.39 is 5.72 Å². The average molecular weight is 394 g/mol. The molecule has 0 bridgehead atoms. The van der Waals surface area contributed by atoms with Crippen molar-refractivity contribution in [2.75, 3.05) is 31.2 Å². The minimum atomic E-state index is -1.08. The van der Waals surface area contributed by atoms with E-state index in [1.165, 1.54) is 29.1 Å². The Morgan fingerprint density at radius 2 is 1.83 bits per heavy atom. The SMILES string of the molecule is Cc1cccc(N2C[C@](O)(c3ccc4c(c3)OCCO4)[N+]3=C2CCCCC3)c1C. The summed E-state index contributed by atoms with van der Waals surface area (Å²) in [5.41, 5.74) is 3.54. The second-order valence-corrected chi connectivity index (χ2v) is 8.36. The molecule has 5 rings (SSSR count). The number of amidine groups is 1. The number of aryl methyl sites for hydroxylation is 1. The molecule has 3 aliphatic rings. The third-order valence-electron chi connectivity index (χ3n) is 6.60. The number of aliphatic hydroxyl groups is 1. The highest BCUT2D eigenvalue weighted by molar-refractivity contribution is 5.96. The summed E-state index contributed by atoms with van der Waals surface area (Å²) >= 11 is 0. The second-order valence-electron chi connectivity index (χ2n) is 8.36. The molecule has 29 heavy (non-hydrogen) atoms. The van der Waals surface area contributed by atoms with E-state index in [9.17, 15) is 5.11 Å². The molecule has 3 aliphatic heterocycles. The van der Waals surface area contributed by atoms with Crippen LogP contribution in [-0.4, -0.2) is 41.8 Å². The van der Waals surface area contributed by atoms with Gasteiger partial charge in [-0.1, -0.05) is 12.1 Å². The molecule has 0 saturated carbocycles. The Morgan fingerprint density at radius 3 is 2.69 bits per heavy atom. The number of nitrogens with zero attached hydrogens (tertiary/aromatic N) is 2. The van der Waals surface area contributed by atoms with E-state index in [1.807, 2.05) is 18.2 Å². The van der Waals surface area contributed by atoms with Crippen LogP contribution in [0.1, 0.15) is 42.4 Å². The Labute approximate surface area is 172 Å². The van der Waals surface area contributed by atoms with Crippen LogP contribution in [0, 0.1) is 13.8 Å². The predicted molar refractivity (Wildman–Crippen MR) is 113 cm³/mol. The molecule has 0 fully saturated rings. The molecule has 2 aromatic rings. The van der Waals surface area contributed by atoms with Crippen molar-refractivity contribution in [1.82, 2.24) is 0 Å². The van der Waals surface area contributed by atoms with Gasteiger partial charge in [0.15, 0.2) is 18.0 Å². The Bertz CT molecular complexity index is 984. The van der Waals surface area contributed by atoms with Crippen molar-refractivity contribution >= 4 is 11.5 Å². The van der Waals surface area contributed by atoms with Crippen LogP contribution in [0.25, 0.3) is 0 Å². The Kier molecular flexibility index (Phi) is 4.50. The zero-order valence-electron chi connectivity index (χ0n) is 17.3. The molecular formula is C24H29N2O3+. The molecule has 5 heteroatoms. The van der Waals surface area contributed by atoms with Crippen LogP contribution in [-0.2, 0) is 5.72 Å². The number of ether oxygens (including phenoxy) is 2. The molecule has 0 amide bonds. The summed E-state index contributed by atoms with van der Waals surface area (Å²) in [7, 11) is 0. The van der Waals surface area contributed by atoms with E-state index >= 15 is 0 Å². The molecule has 3 heterocycles. The highest BCUT2D eigenvalue weighted by Gasteiger charge is 2.52. The smallest absolute Gasteiger partial charge is 0.271 e. The molecule has 0 radical (unpaired) electrons. The molecule has 0 aromatic heterocycles. The van der Waals surface area contributed by atoms with E-state index in [4.69, 9.17) is 9.47 Å². The fourth-order valence-electron chi connectivity index (χ4n) is 4.86. The van der Waals surface area contributed by atoms with Crippen LogP contribution in [0.3, 0.4) is 0 Å². The minimum Gasteiger partial charge on any atom is -0.486 e. The molecule has 2 aromatic carbocycles. The average Bonchev–Trinajstić information content (AvgIpc) is 2.88. The fraction of sp³-hybridized carbons (Fsp3) is 0.458. The molecule has 0 aliphatic carbocycles. The highest BCUT2D eigenvalue weighted by Crippen LogP contribution is 2.40. The van der Waals surface area contributed by atoms with E-state index in [-0.39, 0.29) is 0 Å². The lowest BCUT2D eigenvalue weighted by Gasteiger charge is -2.26. The number of β-amino-alcohol motifs (C(OH)–C–C–N with tert-alkyl or cyclic N) is 1. The maximum atomic E-state index is 12.0.